The molecule has 1 N–H and O–H groups in total. The van der Waals surface area contributed by atoms with Gasteiger partial charge in [-0.2, -0.15) is 0 Å². The molecule has 2 amide bonds. The summed E-state index contributed by atoms with van der Waals surface area (Å²) in [6.45, 7) is 0.927. The normalized spacial score (nSPS) is 25.7. The SMILES string of the molecule is CN(C)C(=O)[C@@H]1CN(C2CCCCC2F)CC[C@H]1NC(=O)c1cc(-c2ccc(F)cc2F)on1. The molecule has 0 spiro atoms. The number of likely N-dealkylation sites (tertiary alicyclic amines) is 1. The van der Waals surface area contributed by atoms with Crippen LogP contribution in [0.4, 0.5) is 13.2 Å². The van der Waals surface area contributed by atoms with E-state index in [0.29, 0.717) is 25.9 Å². The van der Waals surface area contributed by atoms with Crippen LogP contribution in [0.5, 0.6) is 0 Å². The molecular weight excluding hydrogens is 449 g/mol. The molecule has 2 aromatic rings. The van der Waals surface area contributed by atoms with Gasteiger partial charge in [0.15, 0.2) is 11.5 Å². The maximum absolute atomic E-state index is 14.6. The van der Waals surface area contributed by atoms with Crippen molar-refractivity contribution in [3.05, 3.63) is 41.6 Å². The molecule has 7 nitrogen and oxygen atoms in total. The Morgan fingerprint density at radius 2 is 1.91 bits per heavy atom. The number of amides is 2. The molecule has 0 radical (unpaired) electrons. The third kappa shape index (κ3) is 5.11. The molecular formula is C24H29F3N4O3. The minimum atomic E-state index is -0.907. The second-order valence-electron chi connectivity index (χ2n) is 9.27. The van der Waals surface area contributed by atoms with Crippen molar-refractivity contribution in [3.63, 3.8) is 0 Å². The van der Waals surface area contributed by atoms with E-state index < -0.39 is 35.7 Å². The molecule has 4 rings (SSSR count). The van der Waals surface area contributed by atoms with Crippen molar-refractivity contribution in [2.75, 3.05) is 27.2 Å². The lowest BCUT2D eigenvalue weighted by molar-refractivity contribution is -0.136. The first-order chi connectivity index (χ1) is 16.2. The fourth-order valence-corrected chi connectivity index (χ4v) is 4.95. The second kappa shape index (κ2) is 10.2. The van der Waals surface area contributed by atoms with Gasteiger partial charge in [0.2, 0.25) is 5.91 Å². The van der Waals surface area contributed by atoms with E-state index >= 15 is 0 Å². The summed E-state index contributed by atoms with van der Waals surface area (Å²) in [4.78, 5) is 29.3. The molecule has 2 unspecified atom stereocenters. The molecule has 10 heteroatoms. The van der Waals surface area contributed by atoms with Gasteiger partial charge in [0.05, 0.1) is 11.5 Å². The van der Waals surface area contributed by atoms with E-state index in [0.717, 1.165) is 31.4 Å². The van der Waals surface area contributed by atoms with E-state index in [2.05, 4.69) is 10.5 Å². The van der Waals surface area contributed by atoms with E-state index in [1.807, 2.05) is 4.90 Å². The van der Waals surface area contributed by atoms with Crippen LogP contribution in [0.3, 0.4) is 0 Å². The third-order valence-electron chi connectivity index (χ3n) is 6.77. The number of rotatable bonds is 5. The summed E-state index contributed by atoms with van der Waals surface area (Å²) < 4.78 is 46.9. The highest BCUT2D eigenvalue weighted by atomic mass is 19.1. The van der Waals surface area contributed by atoms with Crippen LogP contribution < -0.4 is 5.32 Å². The van der Waals surface area contributed by atoms with Crippen LogP contribution in [0.25, 0.3) is 11.3 Å². The Kier molecular flexibility index (Phi) is 7.25. The number of carbonyl (C=O) groups excluding carboxylic acids is 2. The molecule has 184 valence electrons. The summed E-state index contributed by atoms with van der Waals surface area (Å²) in [6.07, 6.45) is 2.73. The van der Waals surface area contributed by atoms with Crippen LogP contribution in [0.2, 0.25) is 0 Å². The zero-order chi connectivity index (χ0) is 24.4. The van der Waals surface area contributed by atoms with Crippen LogP contribution in [-0.4, -0.2) is 72.2 Å². The van der Waals surface area contributed by atoms with Crippen molar-refractivity contribution in [2.24, 2.45) is 5.92 Å². The van der Waals surface area contributed by atoms with Crippen molar-refractivity contribution >= 4 is 11.8 Å². The van der Waals surface area contributed by atoms with Crippen molar-refractivity contribution in [1.82, 2.24) is 20.3 Å². The summed E-state index contributed by atoms with van der Waals surface area (Å²) in [7, 11) is 3.31. The Morgan fingerprint density at radius 1 is 1.15 bits per heavy atom. The number of hydrogen-bond donors (Lipinski definition) is 1. The van der Waals surface area contributed by atoms with E-state index in [1.165, 1.54) is 17.0 Å². The average molecular weight is 479 g/mol. The lowest BCUT2D eigenvalue weighted by atomic mass is 9.86. The zero-order valence-electron chi connectivity index (χ0n) is 19.3. The quantitative estimate of drug-likeness (QED) is 0.713. The highest BCUT2D eigenvalue weighted by molar-refractivity contribution is 5.94. The van der Waals surface area contributed by atoms with Crippen LogP contribution in [0.1, 0.15) is 42.6 Å². The summed E-state index contributed by atoms with van der Waals surface area (Å²) in [5.41, 5.74) is -0.0940. The number of hydrogen-bond acceptors (Lipinski definition) is 5. The highest BCUT2D eigenvalue weighted by Gasteiger charge is 2.41. The second-order valence-corrected chi connectivity index (χ2v) is 9.27. The Labute approximate surface area is 196 Å². The van der Waals surface area contributed by atoms with Crippen molar-refractivity contribution < 1.29 is 27.3 Å². The minimum Gasteiger partial charge on any atom is -0.355 e. The van der Waals surface area contributed by atoms with Gasteiger partial charge in [-0.25, -0.2) is 13.2 Å². The summed E-state index contributed by atoms with van der Waals surface area (Å²) in [6, 6.07) is 3.61. The molecule has 34 heavy (non-hydrogen) atoms. The fraction of sp³-hybridized carbons (Fsp3) is 0.542. The summed E-state index contributed by atoms with van der Waals surface area (Å²) in [5.74, 6) is -2.81. The number of nitrogens with one attached hydrogen (secondary N) is 1. The summed E-state index contributed by atoms with van der Waals surface area (Å²) >= 11 is 0. The van der Waals surface area contributed by atoms with E-state index in [9.17, 15) is 22.8 Å². The zero-order valence-corrected chi connectivity index (χ0v) is 19.3. The monoisotopic (exact) mass is 478 g/mol. The number of carbonyl (C=O) groups is 2. The van der Waals surface area contributed by atoms with Gasteiger partial charge in [-0.3, -0.25) is 14.5 Å². The van der Waals surface area contributed by atoms with Crippen LogP contribution in [-0.2, 0) is 4.79 Å². The van der Waals surface area contributed by atoms with Crippen molar-refractivity contribution in [2.45, 2.75) is 50.4 Å². The molecule has 2 aliphatic rings. The first-order valence-corrected chi connectivity index (χ1v) is 11.6. The maximum Gasteiger partial charge on any atom is 0.273 e. The van der Waals surface area contributed by atoms with Gasteiger partial charge in [-0.1, -0.05) is 18.0 Å². The fourth-order valence-electron chi connectivity index (χ4n) is 4.95. The van der Waals surface area contributed by atoms with E-state index in [-0.39, 0.29) is 29.0 Å². The Hall–Kier alpha value is -2.88. The lowest BCUT2D eigenvalue weighted by Crippen LogP contribution is -2.59. The first-order valence-electron chi connectivity index (χ1n) is 11.6. The molecule has 1 aromatic heterocycles. The predicted molar refractivity (Wildman–Crippen MR) is 119 cm³/mol. The number of aromatic nitrogens is 1. The number of piperidine rings is 1. The molecule has 1 saturated carbocycles. The van der Waals surface area contributed by atoms with Gasteiger partial charge in [-0.05, 0) is 31.4 Å². The van der Waals surface area contributed by atoms with Gasteiger partial charge in [0.25, 0.3) is 5.91 Å². The lowest BCUT2D eigenvalue weighted by Gasteiger charge is -2.44. The first kappa shape index (κ1) is 24.3. The van der Waals surface area contributed by atoms with Gasteiger partial charge < -0.3 is 14.7 Å². The molecule has 1 aromatic carbocycles. The van der Waals surface area contributed by atoms with Gasteiger partial charge in [-0.15, -0.1) is 0 Å². The topological polar surface area (TPSA) is 78.7 Å². The average Bonchev–Trinajstić information content (AvgIpc) is 3.29. The Balaban J connectivity index is 1.48. The summed E-state index contributed by atoms with van der Waals surface area (Å²) in [5, 5.41) is 6.58. The van der Waals surface area contributed by atoms with Crippen LogP contribution in [0, 0.1) is 17.6 Å². The number of benzene rings is 1. The molecule has 2 fully saturated rings. The van der Waals surface area contributed by atoms with Crippen LogP contribution in [0.15, 0.2) is 28.8 Å². The number of nitrogens with zero attached hydrogens (tertiary/aromatic N) is 3. The highest BCUT2D eigenvalue weighted by Crippen LogP contribution is 2.30. The smallest absolute Gasteiger partial charge is 0.273 e. The number of halogens is 3. The largest absolute Gasteiger partial charge is 0.355 e. The molecule has 1 aliphatic heterocycles. The molecule has 4 atom stereocenters. The van der Waals surface area contributed by atoms with E-state index in [4.69, 9.17) is 4.52 Å². The van der Waals surface area contributed by atoms with Gasteiger partial charge in [0, 0.05) is 51.4 Å². The third-order valence-corrected chi connectivity index (χ3v) is 6.77. The van der Waals surface area contributed by atoms with Crippen molar-refractivity contribution in [1.29, 1.82) is 0 Å². The van der Waals surface area contributed by atoms with Gasteiger partial charge >= 0.3 is 0 Å². The molecule has 0 bridgehead atoms. The van der Waals surface area contributed by atoms with Crippen molar-refractivity contribution in [3.8, 4) is 11.3 Å². The predicted octanol–water partition coefficient (Wildman–Crippen LogP) is 3.41. The Bertz CT molecular complexity index is 1040. The van der Waals surface area contributed by atoms with E-state index in [1.54, 1.807) is 14.1 Å². The standard InChI is InChI=1S/C24H29F3N4O3/c1-30(2)24(33)16-13-31(21-6-4-3-5-17(21)26)10-9-19(16)28-23(32)20-12-22(34-29-20)15-8-7-14(25)11-18(15)27/h7-8,11-12,16-17,19,21H,3-6,9-10,13H2,1-2H3,(H,28,32)/t16-,17?,19-,21?/m1/s1. The Morgan fingerprint density at radius 3 is 2.62 bits per heavy atom. The molecule has 1 aliphatic carbocycles. The van der Waals surface area contributed by atoms with Gasteiger partial charge in [0.1, 0.15) is 17.8 Å². The number of alkyl halides is 1. The molecule has 1 saturated heterocycles. The van der Waals surface area contributed by atoms with Crippen LogP contribution >= 0.6 is 0 Å². The minimum absolute atomic E-state index is 0.00956. The molecule has 2 heterocycles. The maximum atomic E-state index is 14.6.